The van der Waals surface area contributed by atoms with E-state index in [2.05, 4.69) is 29.5 Å². The summed E-state index contributed by atoms with van der Waals surface area (Å²) in [7, 11) is 3.48. The molecule has 1 amide bonds. The molecule has 0 spiro atoms. The number of carbonyl (C=O) groups is 1. The average molecular weight is 442 g/mol. The van der Waals surface area contributed by atoms with Gasteiger partial charge in [-0.3, -0.25) is 4.79 Å². The number of aliphatic imine (C=N–C) groups is 1. The third-order valence-corrected chi connectivity index (χ3v) is 3.08. The smallest absolute Gasteiger partial charge is 0.243 e. The molecular formula is C16H35IN4O2. The fourth-order valence-corrected chi connectivity index (χ4v) is 1.70. The molecule has 0 rings (SSSR count). The highest BCUT2D eigenvalue weighted by molar-refractivity contribution is 14.0. The molecule has 0 aromatic heterocycles. The largest absolute Gasteiger partial charge is 0.382 e. The van der Waals surface area contributed by atoms with Crippen molar-refractivity contribution in [3.05, 3.63) is 0 Å². The van der Waals surface area contributed by atoms with Gasteiger partial charge in [0.25, 0.3) is 0 Å². The fraction of sp³-hybridized carbons (Fsp3) is 0.875. The Morgan fingerprint density at radius 2 is 1.78 bits per heavy atom. The van der Waals surface area contributed by atoms with Crippen LogP contribution in [0.5, 0.6) is 0 Å². The molecule has 0 fully saturated rings. The quantitative estimate of drug-likeness (QED) is 0.223. The van der Waals surface area contributed by atoms with Crippen LogP contribution in [-0.2, 0) is 9.53 Å². The van der Waals surface area contributed by atoms with Gasteiger partial charge in [0.15, 0.2) is 5.96 Å². The van der Waals surface area contributed by atoms with Crippen LogP contribution in [-0.4, -0.2) is 63.7 Å². The number of carbonyl (C=O) groups excluding carboxylic acids is 1. The Hall–Kier alpha value is -0.570. The number of nitrogens with one attached hydrogen (secondary N) is 2. The molecule has 138 valence electrons. The van der Waals surface area contributed by atoms with E-state index in [0.717, 1.165) is 39.1 Å². The Morgan fingerprint density at radius 1 is 1.17 bits per heavy atom. The second-order valence-electron chi connectivity index (χ2n) is 5.89. The van der Waals surface area contributed by atoms with Crippen molar-refractivity contribution in [2.24, 2.45) is 10.9 Å². The van der Waals surface area contributed by atoms with Crippen molar-refractivity contribution >= 4 is 35.8 Å². The highest BCUT2D eigenvalue weighted by Crippen LogP contribution is 2.01. The first-order chi connectivity index (χ1) is 10.5. The first-order valence-electron chi connectivity index (χ1n) is 8.27. The van der Waals surface area contributed by atoms with E-state index in [1.165, 1.54) is 6.42 Å². The minimum absolute atomic E-state index is 0. The van der Waals surface area contributed by atoms with Crippen LogP contribution in [0.15, 0.2) is 4.99 Å². The normalized spacial score (nSPS) is 11.1. The molecule has 0 aliphatic rings. The van der Waals surface area contributed by atoms with Gasteiger partial charge in [-0.05, 0) is 32.1 Å². The lowest BCUT2D eigenvalue weighted by molar-refractivity contribution is -0.127. The lowest BCUT2D eigenvalue weighted by Crippen LogP contribution is -2.39. The molecule has 0 saturated carbocycles. The van der Waals surface area contributed by atoms with Gasteiger partial charge in [-0.15, -0.1) is 24.0 Å². The van der Waals surface area contributed by atoms with E-state index in [1.807, 2.05) is 6.92 Å². The summed E-state index contributed by atoms with van der Waals surface area (Å²) in [6.45, 7) is 9.72. The van der Waals surface area contributed by atoms with E-state index >= 15 is 0 Å². The van der Waals surface area contributed by atoms with Crippen molar-refractivity contribution in [1.82, 2.24) is 15.5 Å². The number of halogens is 1. The minimum atomic E-state index is -0.00223. The van der Waals surface area contributed by atoms with Gasteiger partial charge in [0.05, 0.1) is 0 Å². The maximum atomic E-state index is 11.6. The van der Waals surface area contributed by atoms with Crippen LogP contribution < -0.4 is 10.6 Å². The summed E-state index contributed by atoms with van der Waals surface area (Å²) in [4.78, 5) is 17.5. The number of guanidine groups is 1. The maximum Gasteiger partial charge on any atom is 0.243 e. The monoisotopic (exact) mass is 442 g/mol. The standard InChI is InChI=1S/C16H34N4O2.HI/c1-6-22-12-8-11-18-16(17-10-7-9-14(2)3)19-13-15(21)20(4)5;/h14H,6-13H2,1-5H3,(H2,17,18,19);1H. The Morgan fingerprint density at radius 3 is 2.30 bits per heavy atom. The molecule has 0 bridgehead atoms. The molecule has 2 N–H and O–H groups in total. The molecule has 7 heteroatoms. The molecule has 0 saturated heterocycles. The van der Waals surface area contributed by atoms with Crippen molar-refractivity contribution in [1.29, 1.82) is 0 Å². The third-order valence-electron chi connectivity index (χ3n) is 3.08. The summed E-state index contributed by atoms with van der Waals surface area (Å²) < 4.78 is 5.31. The van der Waals surface area contributed by atoms with Gasteiger partial charge in [-0.25, -0.2) is 4.99 Å². The van der Waals surface area contributed by atoms with Crippen LogP contribution in [0.4, 0.5) is 0 Å². The van der Waals surface area contributed by atoms with Crippen molar-refractivity contribution in [3.63, 3.8) is 0 Å². The van der Waals surface area contributed by atoms with Gasteiger partial charge in [0, 0.05) is 40.4 Å². The second kappa shape index (κ2) is 16.3. The zero-order valence-corrected chi connectivity index (χ0v) is 17.7. The molecule has 0 aliphatic carbocycles. The molecule has 0 heterocycles. The minimum Gasteiger partial charge on any atom is -0.382 e. The van der Waals surface area contributed by atoms with E-state index < -0.39 is 0 Å². The topological polar surface area (TPSA) is 66.0 Å². The predicted molar refractivity (Wildman–Crippen MR) is 108 cm³/mol. The van der Waals surface area contributed by atoms with Crippen LogP contribution in [0.1, 0.15) is 40.0 Å². The summed E-state index contributed by atoms with van der Waals surface area (Å²) >= 11 is 0. The molecule has 0 radical (unpaired) electrons. The van der Waals surface area contributed by atoms with Crippen LogP contribution >= 0.6 is 24.0 Å². The zero-order chi connectivity index (χ0) is 16.8. The summed E-state index contributed by atoms with van der Waals surface area (Å²) in [6, 6.07) is 0. The molecule has 0 aromatic carbocycles. The third kappa shape index (κ3) is 16.1. The van der Waals surface area contributed by atoms with E-state index in [4.69, 9.17) is 4.74 Å². The zero-order valence-electron chi connectivity index (χ0n) is 15.4. The number of hydrogen-bond acceptors (Lipinski definition) is 3. The van der Waals surface area contributed by atoms with E-state index in [-0.39, 0.29) is 36.4 Å². The van der Waals surface area contributed by atoms with Crippen molar-refractivity contribution in [3.8, 4) is 0 Å². The van der Waals surface area contributed by atoms with Gasteiger partial charge in [-0.1, -0.05) is 13.8 Å². The molecule has 6 nitrogen and oxygen atoms in total. The lowest BCUT2D eigenvalue weighted by atomic mass is 10.1. The number of nitrogens with zero attached hydrogens (tertiary/aromatic N) is 2. The Balaban J connectivity index is 0. The van der Waals surface area contributed by atoms with Crippen molar-refractivity contribution in [2.75, 3.05) is 46.9 Å². The van der Waals surface area contributed by atoms with E-state index in [0.29, 0.717) is 11.9 Å². The molecule has 23 heavy (non-hydrogen) atoms. The van der Waals surface area contributed by atoms with Crippen LogP contribution in [0.25, 0.3) is 0 Å². The first kappa shape index (κ1) is 24.7. The number of hydrogen-bond donors (Lipinski definition) is 2. The van der Waals surface area contributed by atoms with Crippen molar-refractivity contribution in [2.45, 2.75) is 40.0 Å². The Kier molecular flexibility index (Phi) is 17.5. The molecule has 0 aromatic rings. The molecule has 0 unspecified atom stereocenters. The summed E-state index contributed by atoms with van der Waals surface area (Å²) in [6.07, 6.45) is 3.20. The number of likely N-dealkylation sites (N-methyl/N-ethyl adjacent to an activating group) is 1. The van der Waals surface area contributed by atoms with Gasteiger partial charge < -0.3 is 20.3 Å². The van der Waals surface area contributed by atoms with Gasteiger partial charge >= 0.3 is 0 Å². The summed E-state index contributed by atoms with van der Waals surface area (Å²) in [5.74, 6) is 1.41. The fourth-order valence-electron chi connectivity index (χ4n) is 1.70. The molecular weight excluding hydrogens is 407 g/mol. The van der Waals surface area contributed by atoms with Gasteiger partial charge in [-0.2, -0.15) is 0 Å². The number of rotatable bonds is 11. The Bertz CT molecular complexity index is 323. The summed E-state index contributed by atoms with van der Waals surface area (Å²) in [5.41, 5.74) is 0. The van der Waals surface area contributed by atoms with Crippen LogP contribution in [0.2, 0.25) is 0 Å². The predicted octanol–water partition coefficient (Wildman–Crippen LogP) is 2.09. The maximum absolute atomic E-state index is 11.6. The van der Waals surface area contributed by atoms with E-state index in [1.54, 1.807) is 19.0 Å². The summed E-state index contributed by atoms with van der Waals surface area (Å²) in [5, 5.41) is 6.54. The van der Waals surface area contributed by atoms with Crippen LogP contribution in [0, 0.1) is 5.92 Å². The van der Waals surface area contributed by atoms with Gasteiger partial charge in [0.1, 0.15) is 6.54 Å². The number of ether oxygens (including phenoxy) is 1. The SMILES string of the molecule is CCOCCCNC(=NCC(=O)N(C)C)NCCCC(C)C.I. The molecule has 0 aliphatic heterocycles. The lowest BCUT2D eigenvalue weighted by Gasteiger charge is -2.14. The highest BCUT2D eigenvalue weighted by Gasteiger charge is 2.04. The average Bonchev–Trinajstić information content (AvgIpc) is 2.47. The van der Waals surface area contributed by atoms with E-state index in [9.17, 15) is 4.79 Å². The first-order valence-corrected chi connectivity index (χ1v) is 8.27. The Labute approximate surface area is 158 Å². The molecule has 0 atom stereocenters. The number of amides is 1. The van der Waals surface area contributed by atoms with Crippen LogP contribution in [0.3, 0.4) is 0 Å². The highest BCUT2D eigenvalue weighted by atomic mass is 127. The second-order valence-corrected chi connectivity index (χ2v) is 5.89. The van der Waals surface area contributed by atoms with Gasteiger partial charge in [0.2, 0.25) is 5.91 Å². The van der Waals surface area contributed by atoms with Crippen molar-refractivity contribution < 1.29 is 9.53 Å².